The van der Waals surface area contributed by atoms with Crippen LogP contribution in [0.3, 0.4) is 0 Å². The number of amides is 2. The smallest absolute Gasteiger partial charge is 0.417 e. The van der Waals surface area contributed by atoms with Crippen molar-refractivity contribution in [1.82, 2.24) is 4.90 Å². The van der Waals surface area contributed by atoms with E-state index in [4.69, 9.17) is 16.3 Å². The predicted molar refractivity (Wildman–Crippen MR) is 77.3 cm³/mol. The van der Waals surface area contributed by atoms with Crippen LogP contribution in [-0.2, 0) is 9.53 Å². The number of cyclic esters (lactones) is 1. The lowest BCUT2D eigenvalue weighted by atomic mass is 10.0. The molecule has 1 atom stereocenters. The monoisotopic (exact) mass is 293 g/mol. The Morgan fingerprint density at radius 1 is 1.40 bits per heavy atom. The third-order valence-corrected chi connectivity index (χ3v) is 3.45. The fourth-order valence-corrected chi connectivity index (χ4v) is 2.13. The molecule has 1 aromatic rings. The molecule has 0 spiro atoms. The van der Waals surface area contributed by atoms with E-state index in [2.05, 4.69) is 0 Å². The molecule has 0 N–H and O–H groups in total. The summed E-state index contributed by atoms with van der Waals surface area (Å²) in [5.41, 5.74) is 0.844. The first-order chi connectivity index (χ1) is 9.49. The molecule has 106 valence electrons. The van der Waals surface area contributed by atoms with E-state index in [1.807, 2.05) is 13.8 Å². The highest BCUT2D eigenvalue weighted by Gasteiger charge is 2.38. The fraction of sp³-hybridized carbons (Fsp3) is 0.333. The lowest BCUT2D eigenvalue weighted by Gasteiger charge is -2.20. The quantitative estimate of drug-likeness (QED) is 0.803. The normalized spacial score (nSPS) is 18.9. The topological polar surface area (TPSA) is 46.6 Å². The van der Waals surface area contributed by atoms with Crippen LogP contribution in [0.15, 0.2) is 30.3 Å². The second-order valence-electron chi connectivity index (χ2n) is 4.98. The number of halogens is 1. The number of rotatable bonds is 3. The Kier molecular flexibility index (Phi) is 4.45. The Bertz CT molecular complexity index is 537. The summed E-state index contributed by atoms with van der Waals surface area (Å²) in [5.74, 6) is -0.199. The van der Waals surface area contributed by atoms with Crippen molar-refractivity contribution in [3.05, 3.63) is 40.9 Å². The third-order valence-electron chi connectivity index (χ3n) is 3.20. The van der Waals surface area contributed by atoms with E-state index < -0.39 is 6.09 Å². The van der Waals surface area contributed by atoms with Gasteiger partial charge in [-0.2, -0.15) is 0 Å². The average molecular weight is 294 g/mol. The summed E-state index contributed by atoms with van der Waals surface area (Å²) in [4.78, 5) is 24.9. The molecule has 4 nitrogen and oxygen atoms in total. The minimum absolute atomic E-state index is 0.161. The number of imide groups is 1. The molecule has 1 unspecified atom stereocenters. The molecular formula is C15H16ClNO3. The summed E-state index contributed by atoms with van der Waals surface area (Å²) < 4.78 is 4.94. The Morgan fingerprint density at radius 2 is 2.05 bits per heavy atom. The van der Waals surface area contributed by atoms with Crippen molar-refractivity contribution in [2.75, 3.05) is 6.61 Å². The Morgan fingerprint density at radius 3 is 2.65 bits per heavy atom. The molecule has 0 radical (unpaired) electrons. The maximum atomic E-state index is 12.1. The van der Waals surface area contributed by atoms with Crippen molar-refractivity contribution in [1.29, 1.82) is 0 Å². The SMILES string of the molecule is CC(C)C1COC(=O)N1C(=O)/C=C/c1ccc(Cl)cc1. The van der Waals surface area contributed by atoms with Gasteiger partial charge in [0.25, 0.3) is 5.91 Å². The first kappa shape index (κ1) is 14.6. The molecule has 1 fully saturated rings. The predicted octanol–water partition coefficient (Wildman–Crippen LogP) is 3.36. The molecule has 2 amide bonds. The van der Waals surface area contributed by atoms with Gasteiger partial charge in [0.2, 0.25) is 0 Å². The average Bonchev–Trinajstić information content (AvgIpc) is 2.80. The van der Waals surface area contributed by atoms with Crippen molar-refractivity contribution in [3.8, 4) is 0 Å². The zero-order valence-corrected chi connectivity index (χ0v) is 12.1. The van der Waals surface area contributed by atoms with Gasteiger partial charge in [0.15, 0.2) is 0 Å². The van der Waals surface area contributed by atoms with E-state index in [0.717, 1.165) is 5.56 Å². The molecule has 1 aliphatic rings. The highest BCUT2D eigenvalue weighted by Crippen LogP contribution is 2.20. The maximum Gasteiger partial charge on any atom is 0.417 e. The number of ether oxygens (including phenoxy) is 1. The van der Waals surface area contributed by atoms with Crippen LogP contribution < -0.4 is 0 Å². The first-order valence-corrected chi connectivity index (χ1v) is 6.80. The summed E-state index contributed by atoms with van der Waals surface area (Å²) in [6, 6.07) is 6.88. The molecule has 1 aromatic carbocycles. The van der Waals surface area contributed by atoms with Crippen molar-refractivity contribution in [2.45, 2.75) is 19.9 Å². The Hall–Kier alpha value is -1.81. The Labute approximate surface area is 123 Å². The molecule has 1 aliphatic heterocycles. The minimum Gasteiger partial charge on any atom is -0.447 e. The van der Waals surface area contributed by atoms with Crippen LogP contribution in [-0.4, -0.2) is 29.5 Å². The third kappa shape index (κ3) is 3.20. The lowest BCUT2D eigenvalue weighted by molar-refractivity contribution is -0.124. The van der Waals surface area contributed by atoms with Crippen molar-refractivity contribution < 1.29 is 14.3 Å². The summed E-state index contributed by atoms with van der Waals surface area (Å²) in [6.45, 7) is 4.17. The van der Waals surface area contributed by atoms with Gasteiger partial charge in [-0.1, -0.05) is 37.6 Å². The molecule has 2 rings (SSSR count). The second kappa shape index (κ2) is 6.09. The van der Waals surface area contributed by atoms with Gasteiger partial charge in [0.05, 0.1) is 6.04 Å². The van der Waals surface area contributed by atoms with Crippen molar-refractivity contribution in [2.24, 2.45) is 5.92 Å². The molecule has 20 heavy (non-hydrogen) atoms. The zero-order valence-electron chi connectivity index (χ0n) is 11.4. The van der Waals surface area contributed by atoms with Crippen LogP contribution in [0.1, 0.15) is 19.4 Å². The molecule has 0 aliphatic carbocycles. The van der Waals surface area contributed by atoms with Crippen LogP contribution in [0.25, 0.3) is 6.08 Å². The summed E-state index contributed by atoms with van der Waals surface area (Å²) in [5, 5.41) is 0.636. The molecule has 5 heteroatoms. The molecule has 1 saturated heterocycles. The van der Waals surface area contributed by atoms with Crippen LogP contribution in [0, 0.1) is 5.92 Å². The number of benzene rings is 1. The van der Waals surface area contributed by atoms with Gasteiger partial charge in [-0.25, -0.2) is 9.69 Å². The number of carbonyl (C=O) groups is 2. The van der Waals surface area contributed by atoms with Gasteiger partial charge in [0, 0.05) is 11.1 Å². The number of hydrogen-bond acceptors (Lipinski definition) is 3. The van der Waals surface area contributed by atoms with E-state index in [-0.39, 0.29) is 24.5 Å². The fourth-order valence-electron chi connectivity index (χ4n) is 2.00. The van der Waals surface area contributed by atoms with Gasteiger partial charge >= 0.3 is 6.09 Å². The van der Waals surface area contributed by atoms with E-state index in [0.29, 0.717) is 5.02 Å². The second-order valence-corrected chi connectivity index (χ2v) is 5.42. The zero-order chi connectivity index (χ0) is 14.7. The van der Waals surface area contributed by atoms with Crippen molar-refractivity contribution in [3.63, 3.8) is 0 Å². The Balaban J connectivity index is 2.10. The molecule has 1 heterocycles. The van der Waals surface area contributed by atoms with Crippen LogP contribution in [0.4, 0.5) is 4.79 Å². The van der Waals surface area contributed by atoms with E-state index in [9.17, 15) is 9.59 Å². The van der Waals surface area contributed by atoms with Gasteiger partial charge in [-0.05, 0) is 29.7 Å². The van der Waals surface area contributed by atoms with Gasteiger partial charge in [-0.15, -0.1) is 0 Å². The van der Waals surface area contributed by atoms with E-state index >= 15 is 0 Å². The van der Waals surface area contributed by atoms with Crippen LogP contribution >= 0.6 is 11.6 Å². The van der Waals surface area contributed by atoms with Crippen LogP contribution in [0.2, 0.25) is 5.02 Å². The van der Waals surface area contributed by atoms with Gasteiger partial charge in [-0.3, -0.25) is 4.79 Å². The van der Waals surface area contributed by atoms with Crippen molar-refractivity contribution >= 4 is 29.7 Å². The molecule has 0 saturated carbocycles. The largest absolute Gasteiger partial charge is 0.447 e. The molecule has 0 aromatic heterocycles. The standard InChI is InChI=1S/C15H16ClNO3/c1-10(2)13-9-20-15(19)17(13)14(18)8-5-11-3-6-12(16)7-4-11/h3-8,10,13H,9H2,1-2H3/b8-5+. The lowest BCUT2D eigenvalue weighted by Crippen LogP contribution is -2.40. The van der Waals surface area contributed by atoms with Gasteiger partial charge < -0.3 is 4.74 Å². The minimum atomic E-state index is -0.575. The number of hydrogen-bond donors (Lipinski definition) is 0. The van der Waals surface area contributed by atoms with E-state index in [1.54, 1.807) is 30.3 Å². The maximum absolute atomic E-state index is 12.1. The number of nitrogens with zero attached hydrogens (tertiary/aromatic N) is 1. The molecular weight excluding hydrogens is 278 g/mol. The molecule has 0 bridgehead atoms. The highest BCUT2D eigenvalue weighted by molar-refractivity contribution is 6.30. The summed E-state index contributed by atoms with van der Waals surface area (Å²) in [6.07, 6.45) is 2.46. The van der Waals surface area contributed by atoms with Crippen LogP contribution in [0.5, 0.6) is 0 Å². The summed E-state index contributed by atoms with van der Waals surface area (Å²) in [7, 11) is 0. The van der Waals surface area contributed by atoms with Gasteiger partial charge in [0.1, 0.15) is 6.61 Å². The highest BCUT2D eigenvalue weighted by atomic mass is 35.5. The first-order valence-electron chi connectivity index (χ1n) is 6.42. The van der Waals surface area contributed by atoms with E-state index in [1.165, 1.54) is 11.0 Å². The number of carbonyl (C=O) groups excluding carboxylic acids is 2. The summed E-state index contributed by atoms with van der Waals surface area (Å²) >= 11 is 5.79.